The van der Waals surface area contributed by atoms with Gasteiger partial charge in [-0.1, -0.05) is 38.1 Å². The molecule has 1 rings (SSSR count). The van der Waals surface area contributed by atoms with Gasteiger partial charge in [-0.3, -0.25) is 0 Å². The molecule has 0 atom stereocenters. The Morgan fingerprint density at radius 2 is 2.07 bits per heavy atom. The number of allylic oxidation sites excluding steroid dienone is 1. The van der Waals surface area contributed by atoms with Crippen LogP contribution in [0.15, 0.2) is 36.9 Å². The Balaban J connectivity index is 3.00. The molecule has 0 saturated carbocycles. The standard InChI is InChI=1S/C13H20N2/c1-4-13(2,3)11-7-5-6-8-12(11)15-10-9-14/h4-8,15H,1,9-10,14H2,2-3H3. The summed E-state index contributed by atoms with van der Waals surface area (Å²) in [6.07, 6.45) is 1.97. The van der Waals surface area contributed by atoms with Gasteiger partial charge in [-0.05, 0) is 11.6 Å². The van der Waals surface area contributed by atoms with E-state index in [9.17, 15) is 0 Å². The number of benzene rings is 1. The summed E-state index contributed by atoms with van der Waals surface area (Å²) < 4.78 is 0. The molecule has 0 heterocycles. The van der Waals surface area contributed by atoms with Gasteiger partial charge in [0.15, 0.2) is 0 Å². The van der Waals surface area contributed by atoms with Crippen LogP contribution in [0.25, 0.3) is 0 Å². The van der Waals surface area contributed by atoms with E-state index >= 15 is 0 Å². The molecular weight excluding hydrogens is 184 g/mol. The third kappa shape index (κ3) is 2.83. The van der Waals surface area contributed by atoms with E-state index < -0.39 is 0 Å². The minimum absolute atomic E-state index is 0.0157. The predicted octanol–water partition coefficient (Wildman–Crippen LogP) is 2.52. The molecule has 0 fully saturated rings. The third-order valence-electron chi connectivity index (χ3n) is 2.59. The Morgan fingerprint density at radius 1 is 1.40 bits per heavy atom. The lowest BCUT2D eigenvalue weighted by Gasteiger charge is -2.24. The fourth-order valence-corrected chi connectivity index (χ4v) is 1.52. The summed E-state index contributed by atoms with van der Waals surface area (Å²) in [5.74, 6) is 0. The fraction of sp³-hybridized carbons (Fsp3) is 0.385. The van der Waals surface area contributed by atoms with Gasteiger partial charge in [0.2, 0.25) is 0 Å². The highest BCUT2D eigenvalue weighted by molar-refractivity contribution is 5.55. The Morgan fingerprint density at radius 3 is 2.67 bits per heavy atom. The first-order valence-corrected chi connectivity index (χ1v) is 5.29. The van der Waals surface area contributed by atoms with E-state index in [0.717, 1.165) is 12.2 Å². The number of hydrogen-bond acceptors (Lipinski definition) is 2. The Labute approximate surface area is 92.2 Å². The summed E-state index contributed by atoms with van der Waals surface area (Å²) >= 11 is 0. The van der Waals surface area contributed by atoms with Gasteiger partial charge in [0.05, 0.1) is 0 Å². The van der Waals surface area contributed by atoms with Crippen LogP contribution in [0.3, 0.4) is 0 Å². The molecule has 0 aliphatic carbocycles. The molecule has 0 radical (unpaired) electrons. The van der Waals surface area contributed by atoms with Crippen LogP contribution in [0.2, 0.25) is 0 Å². The normalized spacial score (nSPS) is 11.1. The van der Waals surface area contributed by atoms with E-state index in [2.05, 4.69) is 37.9 Å². The molecule has 0 unspecified atom stereocenters. The predicted molar refractivity (Wildman–Crippen MR) is 67.2 cm³/mol. The van der Waals surface area contributed by atoms with Crippen molar-refractivity contribution in [1.82, 2.24) is 0 Å². The van der Waals surface area contributed by atoms with Crippen LogP contribution in [0.4, 0.5) is 5.69 Å². The van der Waals surface area contributed by atoms with E-state index in [1.165, 1.54) is 5.56 Å². The van der Waals surface area contributed by atoms with Crippen molar-refractivity contribution in [1.29, 1.82) is 0 Å². The zero-order valence-electron chi connectivity index (χ0n) is 9.59. The van der Waals surface area contributed by atoms with Crippen LogP contribution in [-0.4, -0.2) is 13.1 Å². The highest BCUT2D eigenvalue weighted by Gasteiger charge is 2.18. The van der Waals surface area contributed by atoms with E-state index in [4.69, 9.17) is 5.73 Å². The van der Waals surface area contributed by atoms with Gasteiger partial charge in [0.1, 0.15) is 0 Å². The van der Waals surface area contributed by atoms with Gasteiger partial charge < -0.3 is 11.1 Å². The van der Waals surface area contributed by atoms with Crippen molar-refractivity contribution in [3.63, 3.8) is 0 Å². The molecule has 0 saturated heterocycles. The quantitative estimate of drug-likeness (QED) is 0.723. The van der Waals surface area contributed by atoms with Crippen molar-refractivity contribution in [3.8, 4) is 0 Å². The Hall–Kier alpha value is -1.28. The minimum Gasteiger partial charge on any atom is -0.384 e. The maximum Gasteiger partial charge on any atom is 0.0381 e. The van der Waals surface area contributed by atoms with Crippen LogP contribution in [-0.2, 0) is 5.41 Å². The monoisotopic (exact) mass is 204 g/mol. The van der Waals surface area contributed by atoms with Crippen molar-refractivity contribution >= 4 is 5.69 Å². The number of rotatable bonds is 5. The number of nitrogens with one attached hydrogen (secondary N) is 1. The highest BCUT2D eigenvalue weighted by Crippen LogP contribution is 2.30. The second-order valence-electron chi connectivity index (χ2n) is 4.19. The molecule has 1 aromatic carbocycles. The van der Waals surface area contributed by atoms with Crippen molar-refractivity contribution in [3.05, 3.63) is 42.5 Å². The molecule has 2 heteroatoms. The number of anilines is 1. The maximum absolute atomic E-state index is 5.49. The second kappa shape index (κ2) is 4.99. The highest BCUT2D eigenvalue weighted by atomic mass is 14.9. The summed E-state index contributed by atoms with van der Waals surface area (Å²) in [4.78, 5) is 0. The summed E-state index contributed by atoms with van der Waals surface area (Å²) in [5, 5.41) is 3.33. The SMILES string of the molecule is C=CC(C)(C)c1ccccc1NCCN. The van der Waals surface area contributed by atoms with Crippen LogP contribution >= 0.6 is 0 Å². The second-order valence-corrected chi connectivity index (χ2v) is 4.19. The van der Waals surface area contributed by atoms with Crippen molar-refractivity contribution in [2.75, 3.05) is 18.4 Å². The third-order valence-corrected chi connectivity index (χ3v) is 2.59. The molecule has 3 N–H and O–H groups in total. The molecule has 15 heavy (non-hydrogen) atoms. The van der Waals surface area contributed by atoms with Gasteiger partial charge in [0.25, 0.3) is 0 Å². The molecule has 2 nitrogen and oxygen atoms in total. The lowest BCUT2D eigenvalue weighted by Crippen LogP contribution is -2.19. The van der Waals surface area contributed by atoms with Crippen LogP contribution in [0.5, 0.6) is 0 Å². The van der Waals surface area contributed by atoms with Crippen LogP contribution in [0.1, 0.15) is 19.4 Å². The Kier molecular flexibility index (Phi) is 3.92. The molecular formula is C13H20N2. The van der Waals surface area contributed by atoms with Crippen molar-refractivity contribution in [2.45, 2.75) is 19.3 Å². The van der Waals surface area contributed by atoms with Crippen LogP contribution < -0.4 is 11.1 Å². The number of para-hydroxylation sites is 1. The fourth-order valence-electron chi connectivity index (χ4n) is 1.52. The first kappa shape index (κ1) is 11.8. The molecule has 1 aromatic rings. The first-order valence-electron chi connectivity index (χ1n) is 5.29. The molecule has 0 aromatic heterocycles. The van der Waals surface area contributed by atoms with Gasteiger partial charge in [0, 0.05) is 24.2 Å². The lowest BCUT2D eigenvalue weighted by molar-refractivity contribution is 0.673. The van der Waals surface area contributed by atoms with Gasteiger partial charge in [-0.25, -0.2) is 0 Å². The lowest BCUT2D eigenvalue weighted by atomic mass is 9.84. The summed E-state index contributed by atoms with van der Waals surface area (Å²) in [6.45, 7) is 9.63. The van der Waals surface area contributed by atoms with E-state index in [1.54, 1.807) is 0 Å². The van der Waals surface area contributed by atoms with Crippen LogP contribution in [0, 0.1) is 0 Å². The average molecular weight is 204 g/mol. The molecule has 0 amide bonds. The zero-order chi connectivity index (χ0) is 11.3. The molecule has 0 spiro atoms. The summed E-state index contributed by atoms with van der Waals surface area (Å²) in [5.41, 5.74) is 7.87. The number of nitrogens with two attached hydrogens (primary N) is 1. The van der Waals surface area contributed by atoms with Crippen molar-refractivity contribution in [2.24, 2.45) is 5.73 Å². The number of hydrogen-bond donors (Lipinski definition) is 2. The molecule has 0 aliphatic heterocycles. The van der Waals surface area contributed by atoms with Gasteiger partial charge in [-0.2, -0.15) is 0 Å². The topological polar surface area (TPSA) is 38.0 Å². The largest absolute Gasteiger partial charge is 0.384 e. The van der Waals surface area contributed by atoms with Gasteiger partial charge in [-0.15, -0.1) is 6.58 Å². The van der Waals surface area contributed by atoms with Crippen molar-refractivity contribution < 1.29 is 0 Å². The maximum atomic E-state index is 5.49. The Bertz CT molecular complexity index is 329. The average Bonchev–Trinajstić information content (AvgIpc) is 2.26. The molecule has 82 valence electrons. The first-order chi connectivity index (χ1) is 7.11. The summed E-state index contributed by atoms with van der Waals surface area (Å²) in [7, 11) is 0. The minimum atomic E-state index is -0.0157. The van der Waals surface area contributed by atoms with E-state index in [0.29, 0.717) is 6.54 Å². The van der Waals surface area contributed by atoms with Gasteiger partial charge >= 0.3 is 0 Å². The molecule has 0 aliphatic rings. The zero-order valence-corrected chi connectivity index (χ0v) is 9.59. The van der Waals surface area contributed by atoms with E-state index in [-0.39, 0.29) is 5.41 Å². The smallest absolute Gasteiger partial charge is 0.0381 e. The molecule has 0 bridgehead atoms. The summed E-state index contributed by atoms with van der Waals surface area (Å²) in [6, 6.07) is 8.28. The van der Waals surface area contributed by atoms with E-state index in [1.807, 2.05) is 18.2 Å².